The summed E-state index contributed by atoms with van der Waals surface area (Å²) in [4.78, 5) is 13.7. The first kappa shape index (κ1) is 19.1. The van der Waals surface area contributed by atoms with Gasteiger partial charge in [-0.25, -0.2) is 0 Å². The summed E-state index contributed by atoms with van der Waals surface area (Å²) >= 11 is 14.0. The maximum atomic E-state index is 12.7. The second kappa shape index (κ2) is 7.63. The highest BCUT2D eigenvalue weighted by molar-refractivity contribution is 7.11. The summed E-state index contributed by atoms with van der Waals surface area (Å²) in [7, 11) is 0. The van der Waals surface area contributed by atoms with E-state index in [-0.39, 0.29) is 12.4 Å². The van der Waals surface area contributed by atoms with Crippen molar-refractivity contribution in [1.29, 1.82) is 0 Å². The Morgan fingerprint density at radius 2 is 1.86 bits per heavy atom. The molecule has 6 heteroatoms. The van der Waals surface area contributed by atoms with E-state index in [1.54, 1.807) is 47.7 Å². The van der Waals surface area contributed by atoms with Gasteiger partial charge in [-0.2, -0.15) is 0 Å². The zero-order chi connectivity index (χ0) is 19.8. The van der Waals surface area contributed by atoms with Crippen LogP contribution in [-0.2, 0) is 6.61 Å². The standard InChI is InChI=1S/C22H16Cl2O3S/c1-12-8-9-28-20(12)10-19-21(25)14-6-7-18(13(2)22(14)27-19)26-11-15-16(23)4-3-5-17(15)24/h3-10H,11H2,1-2H3/b19-10-. The second-order valence-electron chi connectivity index (χ2n) is 6.46. The SMILES string of the molecule is Cc1ccsc1/C=C1\Oc2c(ccc(OCc3c(Cl)cccc3Cl)c2C)C1=O. The molecule has 2 heterocycles. The lowest BCUT2D eigenvalue weighted by molar-refractivity contribution is 0.101. The molecular formula is C22H16Cl2O3S. The molecule has 1 aliphatic rings. The van der Waals surface area contributed by atoms with Gasteiger partial charge in [-0.3, -0.25) is 4.79 Å². The minimum atomic E-state index is -0.119. The van der Waals surface area contributed by atoms with E-state index >= 15 is 0 Å². The number of ketones is 1. The van der Waals surface area contributed by atoms with Gasteiger partial charge in [-0.15, -0.1) is 11.3 Å². The number of Topliss-reactive ketones (excluding diaryl/α,β-unsaturated/α-hetero) is 1. The zero-order valence-corrected chi connectivity index (χ0v) is 17.5. The number of thiophene rings is 1. The van der Waals surface area contributed by atoms with Crippen LogP contribution in [0.1, 0.15) is 31.9 Å². The van der Waals surface area contributed by atoms with Crippen LogP contribution in [0.2, 0.25) is 10.0 Å². The lowest BCUT2D eigenvalue weighted by Crippen LogP contribution is -2.00. The summed E-state index contributed by atoms with van der Waals surface area (Å²) < 4.78 is 11.8. The van der Waals surface area contributed by atoms with Crippen molar-refractivity contribution in [1.82, 2.24) is 0 Å². The number of benzene rings is 2. The van der Waals surface area contributed by atoms with Crippen molar-refractivity contribution in [3.63, 3.8) is 0 Å². The zero-order valence-electron chi connectivity index (χ0n) is 15.2. The molecule has 2 aromatic carbocycles. The fourth-order valence-corrected chi connectivity index (χ4v) is 4.35. The summed E-state index contributed by atoms with van der Waals surface area (Å²) in [6.07, 6.45) is 1.80. The molecule has 1 aromatic heterocycles. The van der Waals surface area contributed by atoms with Crippen molar-refractivity contribution >= 4 is 46.4 Å². The molecule has 0 radical (unpaired) electrons. The van der Waals surface area contributed by atoms with Gasteiger partial charge in [-0.1, -0.05) is 29.3 Å². The number of ether oxygens (including phenoxy) is 2. The highest BCUT2D eigenvalue weighted by atomic mass is 35.5. The third-order valence-electron chi connectivity index (χ3n) is 4.63. The molecule has 1 aliphatic heterocycles. The third-order valence-corrected chi connectivity index (χ3v) is 6.31. The van der Waals surface area contributed by atoms with Crippen molar-refractivity contribution in [2.75, 3.05) is 0 Å². The molecule has 28 heavy (non-hydrogen) atoms. The van der Waals surface area contributed by atoms with Gasteiger partial charge in [0.1, 0.15) is 18.1 Å². The molecular weight excluding hydrogens is 415 g/mol. The van der Waals surface area contributed by atoms with Crippen LogP contribution in [0.15, 0.2) is 47.5 Å². The van der Waals surface area contributed by atoms with Gasteiger partial charge in [0.2, 0.25) is 5.78 Å². The number of carbonyl (C=O) groups excluding carboxylic acids is 1. The van der Waals surface area contributed by atoms with E-state index in [0.717, 1.165) is 21.6 Å². The lowest BCUT2D eigenvalue weighted by atomic mass is 10.1. The predicted molar refractivity (Wildman–Crippen MR) is 114 cm³/mol. The van der Waals surface area contributed by atoms with E-state index in [1.165, 1.54) is 0 Å². The van der Waals surface area contributed by atoms with Gasteiger partial charge in [-0.05, 0) is 55.1 Å². The van der Waals surface area contributed by atoms with Crippen molar-refractivity contribution in [2.45, 2.75) is 20.5 Å². The summed E-state index contributed by atoms with van der Waals surface area (Å²) in [6.45, 7) is 4.10. The number of carbonyl (C=O) groups is 1. The molecule has 4 rings (SSSR count). The van der Waals surface area contributed by atoms with E-state index in [9.17, 15) is 4.79 Å². The summed E-state index contributed by atoms with van der Waals surface area (Å²) in [5.41, 5.74) is 3.14. The highest BCUT2D eigenvalue weighted by Crippen LogP contribution is 2.40. The van der Waals surface area contributed by atoms with Crippen LogP contribution in [0.5, 0.6) is 11.5 Å². The molecule has 3 aromatic rings. The van der Waals surface area contributed by atoms with E-state index < -0.39 is 0 Å². The van der Waals surface area contributed by atoms with Crippen LogP contribution in [0.3, 0.4) is 0 Å². The average Bonchev–Trinajstić information content (AvgIpc) is 3.21. The first-order valence-electron chi connectivity index (χ1n) is 8.63. The van der Waals surface area contributed by atoms with Gasteiger partial charge in [0, 0.05) is 32.1 Å². The number of hydrogen-bond donors (Lipinski definition) is 0. The Kier molecular flexibility index (Phi) is 5.19. The summed E-state index contributed by atoms with van der Waals surface area (Å²) in [6, 6.07) is 10.9. The second-order valence-corrected chi connectivity index (χ2v) is 8.22. The quantitative estimate of drug-likeness (QED) is 0.423. The van der Waals surface area contributed by atoms with E-state index in [1.807, 2.05) is 25.3 Å². The largest absolute Gasteiger partial charge is 0.488 e. The van der Waals surface area contributed by atoms with Crippen LogP contribution in [0.25, 0.3) is 6.08 Å². The molecule has 0 spiro atoms. The van der Waals surface area contributed by atoms with Crippen molar-refractivity contribution in [3.05, 3.63) is 84.7 Å². The normalized spacial score (nSPS) is 14.3. The van der Waals surface area contributed by atoms with Crippen LogP contribution in [0.4, 0.5) is 0 Å². The molecule has 0 fully saturated rings. The van der Waals surface area contributed by atoms with Crippen molar-refractivity contribution < 1.29 is 14.3 Å². The van der Waals surface area contributed by atoms with Gasteiger partial charge in [0.05, 0.1) is 5.56 Å². The fraction of sp³-hybridized carbons (Fsp3) is 0.136. The van der Waals surface area contributed by atoms with Gasteiger partial charge < -0.3 is 9.47 Å². The molecule has 0 atom stereocenters. The molecule has 0 amide bonds. The topological polar surface area (TPSA) is 35.5 Å². The number of fused-ring (bicyclic) bond motifs is 1. The molecule has 0 saturated carbocycles. The van der Waals surface area contributed by atoms with E-state index in [2.05, 4.69) is 0 Å². The Labute approximate surface area is 177 Å². The summed E-state index contributed by atoms with van der Waals surface area (Å²) in [5, 5.41) is 3.09. The highest BCUT2D eigenvalue weighted by Gasteiger charge is 2.30. The van der Waals surface area contributed by atoms with Gasteiger partial charge >= 0.3 is 0 Å². The van der Waals surface area contributed by atoms with Crippen LogP contribution in [-0.4, -0.2) is 5.78 Å². The number of allylic oxidation sites excluding steroid dienone is 1. The minimum Gasteiger partial charge on any atom is -0.488 e. The smallest absolute Gasteiger partial charge is 0.232 e. The first-order valence-corrected chi connectivity index (χ1v) is 10.3. The molecule has 0 bridgehead atoms. The van der Waals surface area contributed by atoms with Crippen molar-refractivity contribution in [3.8, 4) is 11.5 Å². The Morgan fingerprint density at radius 3 is 2.54 bits per heavy atom. The number of aryl methyl sites for hydroxylation is 1. The Balaban J connectivity index is 1.60. The van der Waals surface area contributed by atoms with Crippen LogP contribution in [0, 0.1) is 13.8 Å². The molecule has 0 saturated heterocycles. The lowest BCUT2D eigenvalue weighted by Gasteiger charge is -2.13. The first-order chi connectivity index (χ1) is 13.5. The maximum Gasteiger partial charge on any atom is 0.232 e. The Bertz CT molecular complexity index is 1090. The molecule has 3 nitrogen and oxygen atoms in total. The monoisotopic (exact) mass is 430 g/mol. The predicted octanol–water partition coefficient (Wildman–Crippen LogP) is 6.87. The number of halogens is 2. The van der Waals surface area contributed by atoms with Gasteiger partial charge in [0.15, 0.2) is 5.76 Å². The van der Waals surface area contributed by atoms with E-state index in [4.69, 9.17) is 32.7 Å². The van der Waals surface area contributed by atoms with Gasteiger partial charge in [0.25, 0.3) is 0 Å². The Morgan fingerprint density at radius 1 is 1.11 bits per heavy atom. The number of rotatable bonds is 4. The van der Waals surface area contributed by atoms with Crippen LogP contribution < -0.4 is 9.47 Å². The Hall–Kier alpha value is -2.27. The molecule has 0 N–H and O–H groups in total. The average molecular weight is 431 g/mol. The maximum absolute atomic E-state index is 12.7. The molecule has 0 aliphatic carbocycles. The molecule has 0 unspecified atom stereocenters. The number of hydrogen-bond acceptors (Lipinski definition) is 4. The fourth-order valence-electron chi connectivity index (χ4n) is 3.00. The third kappa shape index (κ3) is 3.44. The molecule has 142 valence electrons. The minimum absolute atomic E-state index is 0.119. The van der Waals surface area contributed by atoms with E-state index in [0.29, 0.717) is 32.9 Å². The van der Waals surface area contributed by atoms with Crippen molar-refractivity contribution in [2.24, 2.45) is 0 Å². The summed E-state index contributed by atoms with van der Waals surface area (Å²) in [5.74, 6) is 1.37. The van der Waals surface area contributed by atoms with Crippen LogP contribution >= 0.6 is 34.5 Å².